The Balaban J connectivity index is 1.82. The number of nitrogens with zero attached hydrogens (tertiary/aromatic N) is 3. The largest absolute Gasteiger partial charge is 0.301 e. The summed E-state index contributed by atoms with van der Waals surface area (Å²) in [6.45, 7) is 2.01. The molecule has 0 saturated heterocycles. The van der Waals surface area contributed by atoms with Crippen LogP contribution in [0.25, 0.3) is 0 Å². The van der Waals surface area contributed by atoms with E-state index in [-0.39, 0.29) is 5.91 Å². The molecule has 2 aromatic heterocycles. The van der Waals surface area contributed by atoms with Gasteiger partial charge in [0.2, 0.25) is 11.0 Å². The number of hydrogen-bond acceptors (Lipinski definition) is 5. The van der Waals surface area contributed by atoms with Crippen LogP contribution in [0.2, 0.25) is 0 Å². The van der Waals surface area contributed by atoms with Crippen LogP contribution in [0.1, 0.15) is 24.0 Å². The van der Waals surface area contributed by atoms with Gasteiger partial charge >= 0.3 is 0 Å². The predicted octanol–water partition coefficient (Wildman–Crippen LogP) is 2.07. The van der Waals surface area contributed by atoms with Crippen LogP contribution in [0.3, 0.4) is 0 Å². The van der Waals surface area contributed by atoms with Crippen molar-refractivity contribution < 1.29 is 4.79 Å². The van der Waals surface area contributed by atoms with Gasteiger partial charge in [-0.3, -0.25) is 9.78 Å². The average molecular weight is 262 g/mol. The van der Waals surface area contributed by atoms with E-state index >= 15 is 0 Å². The van der Waals surface area contributed by atoms with Crippen molar-refractivity contribution in [3.05, 3.63) is 35.1 Å². The Hall–Kier alpha value is -1.82. The zero-order valence-corrected chi connectivity index (χ0v) is 10.9. The Morgan fingerprint density at radius 3 is 2.94 bits per heavy atom. The molecule has 6 heteroatoms. The Labute approximate surface area is 109 Å². The van der Waals surface area contributed by atoms with Crippen LogP contribution in [0, 0.1) is 0 Å². The highest BCUT2D eigenvalue weighted by atomic mass is 32.1. The SMILES string of the molecule is CCc1nnc(NC(=O)CCc2ccccn2)s1. The molecule has 0 saturated carbocycles. The van der Waals surface area contributed by atoms with Gasteiger partial charge in [-0.25, -0.2) is 0 Å². The van der Waals surface area contributed by atoms with Crippen LogP contribution in [0.15, 0.2) is 24.4 Å². The molecule has 0 spiro atoms. The second-order valence-corrected chi connectivity index (χ2v) is 4.79. The number of nitrogens with one attached hydrogen (secondary N) is 1. The van der Waals surface area contributed by atoms with E-state index in [9.17, 15) is 4.79 Å². The van der Waals surface area contributed by atoms with Crippen LogP contribution in [0.4, 0.5) is 5.13 Å². The Bertz CT molecular complexity index is 512. The molecule has 0 atom stereocenters. The highest BCUT2D eigenvalue weighted by molar-refractivity contribution is 7.15. The van der Waals surface area contributed by atoms with Gasteiger partial charge in [0.05, 0.1) is 0 Å². The third kappa shape index (κ3) is 3.59. The fourth-order valence-electron chi connectivity index (χ4n) is 1.42. The average Bonchev–Trinajstić information content (AvgIpc) is 2.85. The van der Waals surface area contributed by atoms with Crippen LogP contribution in [0.5, 0.6) is 0 Å². The molecule has 0 radical (unpaired) electrons. The molecule has 1 amide bonds. The summed E-state index contributed by atoms with van der Waals surface area (Å²) in [6.07, 6.45) is 3.59. The molecule has 2 aromatic rings. The number of aryl methyl sites for hydroxylation is 2. The summed E-state index contributed by atoms with van der Waals surface area (Å²) in [6, 6.07) is 5.68. The number of anilines is 1. The van der Waals surface area contributed by atoms with E-state index in [0.717, 1.165) is 17.1 Å². The molecule has 0 bridgehead atoms. The summed E-state index contributed by atoms with van der Waals surface area (Å²) in [5, 5.41) is 12.1. The Kier molecular flexibility index (Phi) is 4.35. The van der Waals surface area contributed by atoms with E-state index in [2.05, 4.69) is 20.5 Å². The highest BCUT2D eigenvalue weighted by Crippen LogP contribution is 2.15. The topological polar surface area (TPSA) is 67.8 Å². The molecule has 94 valence electrons. The number of aromatic nitrogens is 3. The van der Waals surface area contributed by atoms with Crippen molar-refractivity contribution in [1.29, 1.82) is 0 Å². The Morgan fingerprint density at radius 1 is 1.39 bits per heavy atom. The summed E-state index contributed by atoms with van der Waals surface area (Å²) < 4.78 is 0. The lowest BCUT2D eigenvalue weighted by Gasteiger charge is -2.00. The lowest BCUT2D eigenvalue weighted by Crippen LogP contribution is -2.12. The van der Waals surface area contributed by atoms with Crippen molar-refractivity contribution >= 4 is 22.4 Å². The molecule has 18 heavy (non-hydrogen) atoms. The van der Waals surface area contributed by atoms with Gasteiger partial charge in [0.15, 0.2) is 0 Å². The van der Waals surface area contributed by atoms with Crippen molar-refractivity contribution in [3.8, 4) is 0 Å². The molecule has 2 heterocycles. The van der Waals surface area contributed by atoms with E-state index in [0.29, 0.717) is 18.0 Å². The molecular weight excluding hydrogens is 248 g/mol. The Morgan fingerprint density at radius 2 is 2.28 bits per heavy atom. The zero-order chi connectivity index (χ0) is 12.8. The normalized spacial score (nSPS) is 10.3. The predicted molar refractivity (Wildman–Crippen MR) is 70.5 cm³/mol. The fourth-order valence-corrected chi connectivity index (χ4v) is 2.11. The van der Waals surface area contributed by atoms with Crippen molar-refractivity contribution in [2.24, 2.45) is 0 Å². The van der Waals surface area contributed by atoms with Gasteiger partial charge in [-0.15, -0.1) is 10.2 Å². The molecular formula is C12H14N4OS. The highest BCUT2D eigenvalue weighted by Gasteiger charge is 2.07. The van der Waals surface area contributed by atoms with Gasteiger partial charge in [-0.2, -0.15) is 0 Å². The summed E-state index contributed by atoms with van der Waals surface area (Å²) in [4.78, 5) is 15.9. The monoisotopic (exact) mass is 262 g/mol. The molecule has 1 N–H and O–H groups in total. The first-order valence-corrected chi connectivity index (χ1v) is 6.61. The minimum absolute atomic E-state index is 0.0561. The summed E-state index contributed by atoms with van der Waals surface area (Å²) in [7, 11) is 0. The third-order valence-corrected chi connectivity index (χ3v) is 3.33. The van der Waals surface area contributed by atoms with Crippen LogP contribution < -0.4 is 5.32 Å². The van der Waals surface area contributed by atoms with Crippen molar-refractivity contribution in [2.75, 3.05) is 5.32 Å². The number of amides is 1. The van der Waals surface area contributed by atoms with Gasteiger partial charge in [0.25, 0.3) is 0 Å². The van der Waals surface area contributed by atoms with Gasteiger partial charge < -0.3 is 5.32 Å². The third-order valence-electron chi connectivity index (χ3n) is 2.35. The number of rotatable bonds is 5. The van der Waals surface area contributed by atoms with Gasteiger partial charge in [-0.05, 0) is 25.0 Å². The van der Waals surface area contributed by atoms with E-state index in [1.54, 1.807) is 6.20 Å². The van der Waals surface area contributed by atoms with Gasteiger partial charge in [0, 0.05) is 18.3 Å². The smallest absolute Gasteiger partial charge is 0.226 e. The molecule has 0 unspecified atom stereocenters. The second kappa shape index (κ2) is 6.20. The van der Waals surface area contributed by atoms with Crippen LogP contribution in [-0.4, -0.2) is 21.1 Å². The molecule has 2 rings (SSSR count). The van der Waals surface area contributed by atoms with Gasteiger partial charge in [-0.1, -0.05) is 24.3 Å². The zero-order valence-electron chi connectivity index (χ0n) is 10.1. The molecule has 0 aromatic carbocycles. The van der Waals surface area contributed by atoms with E-state index < -0.39 is 0 Å². The van der Waals surface area contributed by atoms with E-state index in [4.69, 9.17) is 0 Å². The lowest BCUT2D eigenvalue weighted by molar-refractivity contribution is -0.116. The second-order valence-electron chi connectivity index (χ2n) is 3.72. The van der Waals surface area contributed by atoms with Crippen molar-refractivity contribution in [2.45, 2.75) is 26.2 Å². The minimum atomic E-state index is -0.0561. The maximum absolute atomic E-state index is 11.7. The first-order chi connectivity index (χ1) is 8.78. The quantitative estimate of drug-likeness (QED) is 0.895. The van der Waals surface area contributed by atoms with Gasteiger partial charge in [0.1, 0.15) is 5.01 Å². The van der Waals surface area contributed by atoms with Crippen LogP contribution >= 0.6 is 11.3 Å². The van der Waals surface area contributed by atoms with Crippen LogP contribution in [-0.2, 0) is 17.6 Å². The maximum Gasteiger partial charge on any atom is 0.226 e. The molecule has 0 aliphatic heterocycles. The standard InChI is InChI=1S/C12H14N4OS/c1-2-11-15-16-12(18-11)14-10(17)7-6-9-5-3-4-8-13-9/h3-5,8H,2,6-7H2,1H3,(H,14,16,17). The molecule has 0 aliphatic rings. The van der Waals surface area contributed by atoms with Crippen molar-refractivity contribution in [3.63, 3.8) is 0 Å². The number of carbonyl (C=O) groups is 1. The fraction of sp³-hybridized carbons (Fsp3) is 0.333. The first kappa shape index (κ1) is 12.6. The summed E-state index contributed by atoms with van der Waals surface area (Å²) in [5.41, 5.74) is 0.916. The first-order valence-electron chi connectivity index (χ1n) is 5.80. The van der Waals surface area contributed by atoms with Crippen molar-refractivity contribution in [1.82, 2.24) is 15.2 Å². The number of carbonyl (C=O) groups excluding carboxylic acids is 1. The lowest BCUT2D eigenvalue weighted by atomic mass is 10.2. The number of pyridine rings is 1. The van der Waals surface area contributed by atoms with E-state index in [1.807, 2.05) is 25.1 Å². The summed E-state index contributed by atoms with van der Waals surface area (Å²) in [5.74, 6) is -0.0561. The van der Waals surface area contributed by atoms with E-state index in [1.165, 1.54) is 11.3 Å². The minimum Gasteiger partial charge on any atom is -0.301 e. The molecule has 0 fully saturated rings. The number of hydrogen-bond donors (Lipinski definition) is 1. The maximum atomic E-state index is 11.7. The summed E-state index contributed by atoms with van der Waals surface area (Å²) >= 11 is 1.41. The molecule has 0 aliphatic carbocycles. The molecule has 5 nitrogen and oxygen atoms in total.